The van der Waals surface area contributed by atoms with Crippen LogP contribution in [-0.2, 0) is 13.0 Å². The van der Waals surface area contributed by atoms with Crippen molar-refractivity contribution in [1.29, 1.82) is 0 Å². The second-order valence-corrected chi connectivity index (χ2v) is 5.98. The summed E-state index contributed by atoms with van der Waals surface area (Å²) in [6.45, 7) is 4.67. The van der Waals surface area contributed by atoms with Crippen LogP contribution in [0.15, 0.2) is 66.7 Å². The van der Waals surface area contributed by atoms with Gasteiger partial charge in [-0.25, -0.2) is 0 Å². The number of aryl methyl sites for hydroxylation is 1. The van der Waals surface area contributed by atoms with Crippen LogP contribution in [-0.4, -0.2) is 13.2 Å². The van der Waals surface area contributed by atoms with Crippen molar-refractivity contribution in [2.45, 2.75) is 26.3 Å². The Morgan fingerprint density at radius 3 is 2.50 bits per heavy atom. The molecule has 0 unspecified atom stereocenters. The van der Waals surface area contributed by atoms with E-state index in [0.29, 0.717) is 0 Å². The van der Waals surface area contributed by atoms with Gasteiger partial charge in [0.15, 0.2) is 0 Å². The molecule has 0 fully saturated rings. The van der Waals surface area contributed by atoms with Crippen molar-refractivity contribution in [3.8, 4) is 5.75 Å². The van der Waals surface area contributed by atoms with Crippen LogP contribution in [0.4, 0.5) is 0 Å². The van der Waals surface area contributed by atoms with Crippen LogP contribution in [0, 0.1) is 0 Å². The lowest BCUT2D eigenvalue weighted by Gasteiger charge is -2.15. The molecule has 3 aromatic rings. The summed E-state index contributed by atoms with van der Waals surface area (Å²) in [6.07, 6.45) is 2.08. The standard InChI is InChI=1S/C22H25NO/c1-2-23-17-21-20-13-7-6-12-19(20)14-15-22(21)24-16-8-11-18-9-4-3-5-10-18/h3-7,9-10,12-15,23H,2,8,11,16-17H2,1H3. The first-order chi connectivity index (χ1) is 11.9. The third-order valence-electron chi connectivity index (χ3n) is 4.26. The summed E-state index contributed by atoms with van der Waals surface area (Å²) in [5, 5.41) is 5.98. The molecule has 0 spiro atoms. The van der Waals surface area contributed by atoms with Crippen LogP contribution in [0.1, 0.15) is 24.5 Å². The summed E-state index contributed by atoms with van der Waals surface area (Å²) in [6, 6.07) is 23.4. The lowest BCUT2D eigenvalue weighted by molar-refractivity contribution is 0.308. The molecule has 0 saturated carbocycles. The maximum Gasteiger partial charge on any atom is 0.124 e. The Bertz CT molecular complexity index is 767. The first kappa shape index (κ1) is 16.5. The summed E-state index contributed by atoms with van der Waals surface area (Å²) in [5.41, 5.74) is 2.63. The fourth-order valence-corrected chi connectivity index (χ4v) is 2.99. The number of hydrogen-bond acceptors (Lipinski definition) is 2. The normalized spacial score (nSPS) is 10.9. The van der Waals surface area contributed by atoms with Gasteiger partial charge >= 0.3 is 0 Å². The zero-order valence-corrected chi connectivity index (χ0v) is 14.3. The number of rotatable bonds is 8. The van der Waals surface area contributed by atoms with Crippen molar-refractivity contribution in [3.05, 3.63) is 77.9 Å². The van der Waals surface area contributed by atoms with E-state index in [1.807, 2.05) is 0 Å². The van der Waals surface area contributed by atoms with Gasteiger partial charge in [0, 0.05) is 12.1 Å². The first-order valence-electron chi connectivity index (χ1n) is 8.76. The third kappa shape index (κ3) is 4.15. The highest BCUT2D eigenvalue weighted by Gasteiger charge is 2.08. The van der Waals surface area contributed by atoms with Crippen LogP contribution in [0.5, 0.6) is 5.75 Å². The number of hydrogen-bond donors (Lipinski definition) is 1. The molecule has 3 rings (SSSR count). The van der Waals surface area contributed by atoms with Crippen molar-refractivity contribution < 1.29 is 4.74 Å². The molecule has 0 heterocycles. The summed E-state index contributed by atoms with van der Waals surface area (Å²) in [5.74, 6) is 1.00. The monoisotopic (exact) mass is 319 g/mol. The predicted octanol–water partition coefficient (Wildman–Crippen LogP) is 4.96. The van der Waals surface area contributed by atoms with Gasteiger partial charge in [-0.3, -0.25) is 0 Å². The topological polar surface area (TPSA) is 21.3 Å². The van der Waals surface area contributed by atoms with Crippen molar-refractivity contribution in [2.24, 2.45) is 0 Å². The molecular weight excluding hydrogens is 294 g/mol. The van der Waals surface area contributed by atoms with Gasteiger partial charge in [0.05, 0.1) is 6.61 Å². The zero-order valence-electron chi connectivity index (χ0n) is 14.3. The Kier molecular flexibility index (Phi) is 5.86. The Hall–Kier alpha value is -2.32. The summed E-state index contributed by atoms with van der Waals surface area (Å²) in [7, 11) is 0. The Morgan fingerprint density at radius 2 is 1.67 bits per heavy atom. The fraction of sp³-hybridized carbons (Fsp3) is 0.273. The molecule has 0 aliphatic carbocycles. The third-order valence-corrected chi connectivity index (χ3v) is 4.26. The lowest BCUT2D eigenvalue weighted by Crippen LogP contribution is -2.13. The van der Waals surface area contributed by atoms with Crippen LogP contribution in [0.3, 0.4) is 0 Å². The van der Waals surface area contributed by atoms with Crippen LogP contribution < -0.4 is 10.1 Å². The summed E-state index contributed by atoms with van der Waals surface area (Å²) in [4.78, 5) is 0. The molecule has 24 heavy (non-hydrogen) atoms. The van der Waals surface area contributed by atoms with Crippen LogP contribution >= 0.6 is 0 Å². The molecular formula is C22H25NO. The summed E-state index contributed by atoms with van der Waals surface area (Å²) < 4.78 is 6.12. The van der Waals surface area contributed by atoms with E-state index in [1.54, 1.807) is 0 Å². The fourth-order valence-electron chi connectivity index (χ4n) is 2.99. The largest absolute Gasteiger partial charge is 0.493 e. The van der Waals surface area contributed by atoms with Crippen molar-refractivity contribution in [3.63, 3.8) is 0 Å². The quantitative estimate of drug-likeness (QED) is 0.592. The smallest absolute Gasteiger partial charge is 0.124 e. The maximum absolute atomic E-state index is 6.12. The molecule has 2 heteroatoms. The number of benzene rings is 3. The van der Waals surface area contributed by atoms with Gasteiger partial charge in [-0.2, -0.15) is 0 Å². The van der Waals surface area contributed by atoms with E-state index >= 15 is 0 Å². The highest BCUT2D eigenvalue weighted by molar-refractivity contribution is 5.87. The van der Waals surface area contributed by atoms with Crippen molar-refractivity contribution >= 4 is 10.8 Å². The number of fused-ring (bicyclic) bond motifs is 1. The SMILES string of the molecule is CCNCc1c(OCCCc2ccccc2)ccc2ccccc12. The number of nitrogens with one attached hydrogen (secondary N) is 1. The van der Waals surface area contributed by atoms with Crippen LogP contribution in [0.2, 0.25) is 0 Å². The number of ether oxygens (including phenoxy) is 1. The van der Waals surface area contributed by atoms with Gasteiger partial charge in [-0.15, -0.1) is 0 Å². The Labute approximate surface area is 144 Å². The molecule has 0 aliphatic rings. The van der Waals surface area contributed by atoms with Gasteiger partial charge in [0.25, 0.3) is 0 Å². The first-order valence-corrected chi connectivity index (χ1v) is 8.76. The van der Waals surface area contributed by atoms with E-state index in [-0.39, 0.29) is 0 Å². The molecule has 2 nitrogen and oxygen atoms in total. The van der Waals surface area contributed by atoms with Gasteiger partial charge in [0.1, 0.15) is 5.75 Å². The molecule has 3 aromatic carbocycles. The van der Waals surface area contributed by atoms with Gasteiger partial charge < -0.3 is 10.1 Å². The molecule has 0 amide bonds. The molecule has 0 atom stereocenters. The van der Waals surface area contributed by atoms with Gasteiger partial charge in [0.2, 0.25) is 0 Å². The van der Waals surface area contributed by atoms with Gasteiger partial charge in [-0.1, -0.05) is 67.6 Å². The Balaban J connectivity index is 1.68. The van der Waals surface area contributed by atoms with E-state index in [2.05, 4.69) is 79.0 Å². The predicted molar refractivity (Wildman–Crippen MR) is 102 cm³/mol. The zero-order chi connectivity index (χ0) is 16.6. The molecule has 0 bridgehead atoms. The molecule has 0 aromatic heterocycles. The van der Waals surface area contributed by atoms with Crippen molar-refractivity contribution in [1.82, 2.24) is 5.32 Å². The summed E-state index contributed by atoms with van der Waals surface area (Å²) >= 11 is 0. The van der Waals surface area contributed by atoms with Crippen molar-refractivity contribution in [2.75, 3.05) is 13.2 Å². The minimum absolute atomic E-state index is 0.742. The highest BCUT2D eigenvalue weighted by atomic mass is 16.5. The van der Waals surface area contributed by atoms with E-state index in [1.165, 1.54) is 21.9 Å². The van der Waals surface area contributed by atoms with E-state index in [0.717, 1.165) is 38.3 Å². The minimum atomic E-state index is 0.742. The molecule has 1 N–H and O–H groups in total. The molecule has 0 aliphatic heterocycles. The highest BCUT2D eigenvalue weighted by Crippen LogP contribution is 2.28. The van der Waals surface area contributed by atoms with E-state index < -0.39 is 0 Å². The average molecular weight is 319 g/mol. The second-order valence-electron chi connectivity index (χ2n) is 5.98. The second kappa shape index (κ2) is 8.51. The molecule has 0 saturated heterocycles. The Morgan fingerprint density at radius 1 is 0.875 bits per heavy atom. The van der Waals surface area contributed by atoms with Crippen LogP contribution in [0.25, 0.3) is 10.8 Å². The van der Waals surface area contributed by atoms with E-state index in [9.17, 15) is 0 Å². The lowest BCUT2D eigenvalue weighted by atomic mass is 10.0. The maximum atomic E-state index is 6.12. The average Bonchev–Trinajstić information content (AvgIpc) is 2.64. The van der Waals surface area contributed by atoms with Gasteiger partial charge in [-0.05, 0) is 41.8 Å². The van der Waals surface area contributed by atoms with E-state index in [4.69, 9.17) is 4.74 Å². The minimum Gasteiger partial charge on any atom is -0.493 e. The molecule has 124 valence electrons. The molecule has 0 radical (unpaired) electrons.